The summed E-state index contributed by atoms with van der Waals surface area (Å²) in [6.07, 6.45) is 0. The number of amides is 2. The number of carbonyl (C=O) groups excluding carboxylic acids is 2. The number of rotatable bonds is 2. The van der Waals surface area contributed by atoms with Crippen LogP contribution in [0.5, 0.6) is 5.75 Å². The van der Waals surface area contributed by atoms with Gasteiger partial charge in [0.25, 0.3) is 11.8 Å². The van der Waals surface area contributed by atoms with Crippen molar-refractivity contribution in [1.82, 2.24) is 5.06 Å². The van der Waals surface area contributed by atoms with Crippen molar-refractivity contribution in [3.63, 3.8) is 0 Å². The van der Waals surface area contributed by atoms with Crippen LogP contribution in [0.25, 0.3) is 0 Å². The summed E-state index contributed by atoms with van der Waals surface area (Å²) in [6.45, 7) is 6.35. The minimum absolute atomic E-state index is 0.0358. The Bertz CT molecular complexity index is 707. The molecule has 1 aliphatic heterocycles. The molecule has 0 N–H and O–H groups in total. The second-order valence-electron chi connectivity index (χ2n) is 6.32. The number of hydrogen-bond acceptors (Lipinski definition) is 3. The highest BCUT2D eigenvalue weighted by molar-refractivity contribution is 6.20. The van der Waals surface area contributed by atoms with Crippen molar-refractivity contribution < 1.29 is 14.4 Å². The molecule has 0 spiro atoms. The van der Waals surface area contributed by atoms with Gasteiger partial charge in [-0.05, 0) is 35.2 Å². The number of nitrogens with zero attached hydrogens (tertiary/aromatic N) is 1. The number of hydrogen-bond donors (Lipinski definition) is 0. The largest absolute Gasteiger partial charge is 0.368 e. The Kier molecular flexibility index (Phi) is 3.24. The highest BCUT2D eigenvalue weighted by atomic mass is 16.7. The lowest BCUT2D eigenvalue weighted by Crippen LogP contribution is -2.33. The van der Waals surface area contributed by atoms with E-state index in [1.54, 1.807) is 36.4 Å². The Balaban J connectivity index is 1.83. The Morgan fingerprint density at radius 2 is 1.32 bits per heavy atom. The fraction of sp³-hybridized carbons (Fsp3) is 0.222. The number of carbonyl (C=O) groups is 2. The van der Waals surface area contributed by atoms with Gasteiger partial charge in [0.2, 0.25) is 0 Å². The average Bonchev–Trinajstić information content (AvgIpc) is 2.73. The lowest BCUT2D eigenvalue weighted by molar-refractivity contribution is -0.0141. The van der Waals surface area contributed by atoms with E-state index in [-0.39, 0.29) is 5.41 Å². The van der Waals surface area contributed by atoms with E-state index in [0.29, 0.717) is 16.9 Å². The average molecular weight is 295 g/mol. The minimum Gasteiger partial charge on any atom is -0.368 e. The molecule has 2 aromatic rings. The third kappa shape index (κ3) is 2.37. The quantitative estimate of drug-likeness (QED) is 0.796. The zero-order valence-electron chi connectivity index (χ0n) is 12.8. The summed E-state index contributed by atoms with van der Waals surface area (Å²) < 4.78 is 0. The van der Waals surface area contributed by atoms with Crippen molar-refractivity contribution in [3.05, 3.63) is 65.2 Å². The van der Waals surface area contributed by atoms with E-state index >= 15 is 0 Å². The van der Waals surface area contributed by atoms with Crippen molar-refractivity contribution >= 4 is 11.8 Å². The maximum atomic E-state index is 12.2. The van der Waals surface area contributed by atoms with Gasteiger partial charge in [0.05, 0.1) is 11.1 Å². The highest BCUT2D eigenvalue weighted by Crippen LogP contribution is 2.27. The van der Waals surface area contributed by atoms with E-state index in [1.165, 1.54) is 0 Å². The molecule has 2 aromatic carbocycles. The molecule has 0 atom stereocenters. The molecular weight excluding hydrogens is 278 g/mol. The first-order valence-corrected chi connectivity index (χ1v) is 7.14. The summed E-state index contributed by atoms with van der Waals surface area (Å²) in [4.78, 5) is 29.9. The zero-order chi connectivity index (χ0) is 15.9. The van der Waals surface area contributed by atoms with Crippen LogP contribution in [0.2, 0.25) is 0 Å². The Labute approximate surface area is 129 Å². The minimum atomic E-state index is -0.430. The third-order valence-electron chi connectivity index (χ3n) is 3.67. The molecule has 0 saturated carbocycles. The first-order valence-electron chi connectivity index (χ1n) is 7.14. The lowest BCUT2D eigenvalue weighted by Gasteiger charge is -2.20. The van der Waals surface area contributed by atoms with Crippen LogP contribution in [0, 0.1) is 0 Å². The smallest absolute Gasteiger partial charge is 0.295 e. The van der Waals surface area contributed by atoms with Crippen LogP contribution in [-0.4, -0.2) is 16.9 Å². The summed E-state index contributed by atoms with van der Waals surface area (Å²) in [7, 11) is 0. The van der Waals surface area contributed by atoms with Crippen molar-refractivity contribution in [3.8, 4) is 5.75 Å². The van der Waals surface area contributed by atoms with E-state index in [9.17, 15) is 9.59 Å². The highest BCUT2D eigenvalue weighted by Gasteiger charge is 2.37. The van der Waals surface area contributed by atoms with E-state index < -0.39 is 11.8 Å². The summed E-state index contributed by atoms with van der Waals surface area (Å²) in [5.41, 5.74) is 1.94. The normalized spacial score (nSPS) is 14.2. The molecule has 112 valence electrons. The first kappa shape index (κ1) is 14.3. The molecule has 0 unspecified atom stereocenters. The molecule has 2 amide bonds. The fourth-order valence-corrected chi connectivity index (χ4v) is 2.37. The van der Waals surface area contributed by atoms with Crippen LogP contribution in [0.1, 0.15) is 47.1 Å². The molecule has 22 heavy (non-hydrogen) atoms. The Morgan fingerprint density at radius 1 is 0.818 bits per heavy atom. The predicted octanol–water partition coefficient (Wildman–Crippen LogP) is 3.57. The molecule has 1 aliphatic rings. The summed E-state index contributed by atoms with van der Waals surface area (Å²) >= 11 is 0. The Morgan fingerprint density at radius 3 is 1.77 bits per heavy atom. The van der Waals surface area contributed by atoms with Gasteiger partial charge in [0.1, 0.15) is 0 Å². The molecule has 0 radical (unpaired) electrons. The van der Waals surface area contributed by atoms with Crippen LogP contribution in [0.4, 0.5) is 0 Å². The summed E-state index contributed by atoms with van der Waals surface area (Å²) in [6, 6.07) is 14.1. The van der Waals surface area contributed by atoms with Gasteiger partial charge in [-0.15, -0.1) is 0 Å². The number of hydroxylamine groups is 2. The molecule has 0 bridgehead atoms. The summed E-state index contributed by atoms with van der Waals surface area (Å²) in [5.74, 6) is -0.400. The predicted molar refractivity (Wildman–Crippen MR) is 82.7 cm³/mol. The zero-order valence-corrected chi connectivity index (χ0v) is 12.8. The van der Waals surface area contributed by atoms with Crippen LogP contribution in [0.3, 0.4) is 0 Å². The van der Waals surface area contributed by atoms with E-state index in [1.807, 2.05) is 12.1 Å². The Hall–Kier alpha value is -2.62. The maximum absolute atomic E-state index is 12.2. The molecule has 0 saturated heterocycles. The van der Waals surface area contributed by atoms with Gasteiger partial charge in [0.15, 0.2) is 5.75 Å². The second-order valence-corrected chi connectivity index (χ2v) is 6.32. The van der Waals surface area contributed by atoms with Gasteiger partial charge in [0, 0.05) is 0 Å². The second kappa shape index (κ2) is 4.98. The van der Waals surface area contributed by atoms with Gasteiger partial charge in [-0.1, -0.05) is 50.1 Å². The van der Waals surface area contributed by atoms with E-state index in [2.05, 4.69) is 20.8 Å². The van der Waals surface area contributed by atoms with E-state index in [4.69, 9.17) is 4.84 Å². The fourth-order valence-electron chi connectivity index (χ4n) is 2.37. The number of fused-ring (bicyclic) bond motifs is 1. The lowest BCUT2D eigenvalue weighted by atomic mass is 9.87. The molecule has 4 nitrogen and oxygen atoms in total. The first-order chi connectivity index (χ1) is 10.4. The van der Waals surface area contributed by atoms with Crippen LogP contribution in [-0.2, 0) is 5.41 Å². The molecule has 3 rings (SSSR count). The van der Waals surface area contributed by atoms with Crippen LogP contribution < -0.4 is 4.84 Å². The molecule has 0 aliphatic carbocycles. The van der Waals surface area contributed by atoms with E-state index in [0.717, 1.165) is 10.6 Å². The van der Waals surface area contributed by atoms with Gasteiger partial charge in [-0.25, -0.2) is 0 Å². The van der Waals surface area contributed by atoms with Gasteiger partial charge >= 0.3 is 0 Å². The molecule has 4 heteroatoms. The van der Waals surface area contributed by atoms with Gasteiger partial charge in [-0.3, -0.25) is 9.59 Å². The maximum Gasteiger partial charge on any atom is 0.295 e. The third-order valence-corrected chi connectivity index (χ3v) is 3.67. The van der Waals surface area contributed by atoms with Crippen LogP contribution >= 0.6 is 0 Å². The van der Waals surface area contributed by atoms with Crippen molar-refractivity contribution in [2.75, 3.05) is 0 Å². The molecule has 0 fully saturated rings. The number of benzene rings is 2. The molecular formula is C18H17NO3. The topological polar surface area (TPSA) is 46.6 Å². The monoisotopic (exact) mass is 295 g/mol. The van der Waals surface area contributed by atoms with Crippen molar-refractivity contribution in [2.45, 2.75) is 26.2 Å². The molecule has 0 aromatic heterocycles. The standard InChI is InChI=1S/C18H17NO3/c1-18(2,3)12-8-10-13(11-9-12)22-19-16(20)14-6-4-5-7-15(14)17(19)21/h4-11H,1-3H3. The van der Waals surface area contributed by atoms with Crippen LogP contribution in [0.15, 0.2) is 48.5 Å². The summed E-state index contributed by atoms with van der Waals surface area (Å²) in [5, 5.41) is 0.816. The van der Waals surface area contributed by atoms with Crippen molar-refractivity contribution in [2.24, 2.45) is 0 Å². The number of imide groups is 1. The van der Waals surface area contributed by atoms with Crippen molar-refractivity contribution in [1.29, 1.82) is 0 Å². The van der Waals surface area contributed by atoms with Gasteiger partial charge < -0.3 is 4.84 Å². The molecule has 1 heterocycles. The SMILES string of the molecule is CC(C)(C)c1ccc(ON2C(=O)c3ccccc3C2=O)cc1. The van der Waals surface area contributed by atoms with Gasteiger partial charge in [-0.2, -0.15) is 0 Å².